The number of amides is 6. The van der Waals surface area contributed by atoms with Gasteiger partial charge < -0.3 is 15.4 Å². The number of carbonyl (C=O) groups excluding carboxylic acids is 5. The molecule has 6 amide bonds. The Hall–Kier alpha value is -2.65. The molecule has 0 bridgehead atoms. The van der Waals surface area contributed by atoms with E-state index in [1.165, 1.54) is 0 Å². The van der Waals surface area contributed by atoms with Gasteiger partial charge in [0.1, 0.15) is 12.1 Å². The molecule has 0 aromatic rings. The first-order valence-corrected chi connectivity index (χ1v) is 8.67. The van der Waals surface area contributed by atoms with Crippen LogP contribution in [0.4, 0.5) is 9.59 Å². The van der Waals surface area contributed by atoms with E-state index in [9.17, 15) is 24.0 Å². The number of nitrogens with zero attached hydrogens (tertiary/aromatic N) is 1. The largest absolute Gasteiger partial charge is 0.454 e. The first-order valence-electron chi connectivity index (χ1n) is 8.67. The lowest BCUT2D eigenvalue weighted by Gasteiger charge is -2.22. The summed E-state index contributed by atoms with van der Waals surface area (Å²) in [5.41, 5.74) is -1.01. The van der Waals surface area contributed by atoms with Crippen molar-refractivity contribution in [3.63, 3.8) is 0 Å². The van der Waals surface area contributed by atoms with Gasteiger partial charge in [-0.15, -0.1) is 0 Å². The minimum absolute atomic E-state index is 0.398. The maximum Gasteiger partial charge on any atom is 0.326 e. The summed E-state index contributed by atoms with van der Waals surface area (Å²) in [6.45, 7) is 4.64. The summed E-state index contributed by atoms with van der Waals surface area (Å²) in [5, 5.41) is 7.07. The summed E-state index contributed by atoms with van der Waals surface area (Å²) < 4.78 is 4.72. The molecule has 1 fully saturated rings. The number of carbonyl (C=O) groups is 5. The Morgan fingerprint density at radius 1 is 1.15 bits per heavy atom. The minimum atomic E-state index is -1.01. The monoisotopic (exact) mass is 370 g/mol. The summed E-state index contributed by atoms with van der Waals surface area (Å²) in [7, 11) is 0. The zero-order valence-corrected chi connectivity index (χ0v) is 15.3. The molecule has 0 aromatic heterocycles. The zero-order valence-electron chi connectivity index (χ0n) is 15.3. The summed E-state index contributed by atoms with van der Waals surface area (Å²) in [4.78, 5) is 59.8. The fraction of sp³-hybridized carbons (Fsp3) is 0.688. The molecule has 0 unspecified atom stereocenters. The van der Waals surface area contributed by atoms with E-state index in [0.717, 1.165) is 17.7 Å². The number of ether oxygens (including phenoxy) is 1. The summed E-state index contributed by atoms with van der Waals surface area (Å²) in [6, 6.07) is -1.35. The molecule has 146 valence electrons. The molecule has 0 radical (unpaired) electrons. The number of rotatable bonds is 9. The van der Waals surface area contributed by atoms with Crippen LogP contribution in [0.3, 0.4) is 0 Å². The average Bonchev–Trinajstić information content (AvgIpc) is 2.85. The van der Waals surface area contributed by atoms with Crippen LogP contribution in [0, 0.1) is 0 Å². The van der Waals surface area contributed by atoms with Gasteiger partial charge in [0.2, 0.25) is 0 Å². The third-order valence-corrected chi connectivity index (χ3v) is 4.17. The average molecular weight is 370 g/mol. The van der Waals surface area contributed by atoms with E-state index in [2.05, 4.69) is 10.6 Å². The number of nitrogens with one attached hydrogen (secondary N) is 3. The lowest BCUT2D eigenvalue weighted by molar-refractivity contribution is -0.151. The van der Waals surface area contributed by atoms with Crippen molar-refractivity contribution in [2.45, 2.75) is 52.0 Å². The first kappa shape index (κ1) is 21.4. The Morgan fingerprint density at radius 2 is 1.81 bits per heavy atom. The number of hydrogen-bond acceptors (Lipinski definition) is 6. The van der Waals surface area contributed by atoms with Gasteiger partial charge in [0.25, 0.3) is 11.8 Å². The van der Waals surface area contributed by atoms with Crippen LogP contribution in [-0.4, -0.2) is 60.0 Å². The van der Waals surface area contributed by atoms with Crippen molar-refractivity contribution in [2.24, 2.45) is 0 Å². The Morgan fingerprint density at radius 3 is 2.35 bits per heavy atom. The van der Waals surface area contributed by atoms with E-state index in [4.69, 9.17) is 4.74 Å². The molecule has 1 saturated heterocycles. The van der Waals surface area contributed by atoms with E-state index >= 15 is 0 Å². The van der Waals surface area contributed by atoms with Crippen LogP contribution < -0.4 is 16.0 Å². The minimum Gasteiger partial charge on any atom is -0.454 e. The van der Waals surface area contributed by atoms with Crippen LogP contribution in [0.25, 0.3) is 0 Å². The van der Waals surface area contributed by atoms with Crippen LogP contribution in [0.5, 0.6) is 0 Å². The Labute approximate surface area is 152 Å². The second-order valence-corrected chi connectivity index (χ2v) is 5.93. The van der Waals surface area contributed by atoms with E-state index in [-0.39, 0.29) is 0 Å². The molecule has 3 N–H and O–H groups in total. The molecule has 1 aliphatic rings. The molecule has 0 atom stereocenters. The molecule has 0 aliphatic carbocycles. The van der Waals surface area contributed by atoms with Crippen LogP contribution in [-0.2, 0) is 19.1 Å². The highest BCUT2D eigenvalue weighted by Gasteiger charge is 2.49. The maximum absolute atomic E-state index is 12.3. The second-order valence-electron chi connectivity index (χ2n) is 5.93. The summed E-state index contributed by atoms with van der Waals surface area (Å²) in [5.74, 6) is -2.22. The smallest absolute Gasteiger partial charge is 0.326 e. The maximum atomic E-state index is 12.3. The number of unbranched alkanes of at least 4 members (excludes halogenated alkanes) is 1. The predicted molar refractivity (Wildman–Crippen MR) is 91.0 cm³/mol. The molecule has 0 saturated carbocycles. The van der Waals surface area contributed by atoms with Crippen molar-refractivity contribution in [1.29, 1.82) is 0 Å². The fourth-order valence-electron chi connectivity index (χ4n) is 2.46. The fourth-order valence-corrected chi connectivity index (χ4v) is 2.46. The topological polar surface area (TPSA) is 134 Å². The Balaban J connectivity index is 2.43. The van der Waals surface area contributed by atoms with Crippen molar-refractivity contribution >= 4 is 29.8 Å². The van der Waals surface area contributed by atoms with E-state index in [0.29, 0.717) is 19.4 Å². The van der Waals surface area contributed by atoms with Crippen molar-refractivity contribution in [2.75, 3.05) is 19.7 Å². The van der Waals surface area contributed by atoms with Gasteiger partial charge in [-0.3, -0.25) is 24.6 Å². The predicted octanol–water partition coefficient (Wildman–Crippen LogP) is 0.266. The zero-order chi connectivity index (χ0) is 19.7. The van der Waals surface area contributed by atoms with Gasteiger partial charge in [-0.2, -0.15) is 0 Å². The number of hydrogen-bond donors (Lipinski definition) is 3. The molecule has 1 rings (SSSR count). The van der Waals surface area contributed by atoms with Crippen molar-refractivity contribution in [3.8, 4) is 0 Å². The van der Waals surface area contributed by atoms with Crippen molar-refractivity contribution in [3.05, 3.63) is 0 Å². The number of esters is 1. The molecule has 0 spiro atoms. The standard InChI is InChI=1S/C16H26N4O6/c1-4-7-8-17-14(24)18-11(21)10-26-12(22)9-20-13(23)16(5-2,6-3)19-15(20)25/h4-10H2,1-3H3,(H,19,25)(H2,17,18,21,24). The quantitative estimate of drug-likeness (QED) is 0.303. The van der Waals surface area contributed by atoms with Gasteiger partial charge in [0.05, 0.1) is 0 Å². The highest BCUT2D eigenvalue weighted by molar-refractivity contribution is 6.08. The van der Waals surface area contributed by atoms with Crippen LogP contribution in [0.2, 0.25) is 0 Å². The molecule has 26 heavy (non-hydrogen) atoms. The molecular formula is C16H26N4O6. The third kappa shape index (κ3) is 5.43. The SMILES string of the molecule is CCCCNC(=O)NC(=O)COC(=O)CN1C(=O)NC(CC)(CC)C1=O. The molecule has 1 aliphatic heterocycles. The van der Waals surface area contributed by atoms with Gasteiger partial charge in [-0.25, -0.2) is 9.59 Å². The molecular weight excluding hydrogens is 344 g/mol. The Bertz CT molecular complexity index is 573. The molecule has 10 nitrogen and oxygen atoms in total. The molecule has 10 heteroatoms. The van der Waals surface area contributed by atoms with Gasteiger partial charge in [-0.05, 0) is 19.3 Å². The van der Waals surface area contributed by atoms with Crippen LogP contribution >= 0.6 is 0 Å². The lowest BCUT2D eigenvalue weighted by Crippen LogP contribution is -2.46. The van der Waals surface area contributed by atoms with Crippen LogP contribution in [0.15, 0.2) is 0 Å². The summed E-state index contributed by atoms with van der Waals surface area (Å²) >= 11 is 0. The van der Waals surface area contributed by atoms with E-state index < -0.39 is 48.5 Å². The van der Waals surface area contributed by atoms with Gasteiger partial charge in [0.15, 0.2) is 6.61 Å². The van der Waals surface area contributed by atoms with Crippen molar-refractivity contribution in [1.82, 2.24) is 20.9 Å². The first-order chi connectivity index (χ1) is 12.3. The van der Waals surface area contributed by atoms with Gasteiger partial charge in [-0.1, -0.05) is 27.2 Å². The number of urea groups is 2. The highest BCUT2D eigenvalue weighted by atomic mass is 16.5. The molecule has 1 heterocycles. The second kappa shape index (κ2) is 9.73. The highest BCUT2D eigenvalue weighted by Crippen LogP contribution is 2.24. The number of imide groups is 2. The van der Waals surface area contributed by atoms with Crippen molar-refractivity contribution < 1.29 is 28.7 Å². The van der Waals surface area contributed by atoms with Gasteiger partial charge in [0, 0.05) is 6.54 Å². The van der Waals surface area contributed by atoms with E-state index in [1.54, 1.807) is 13.8 Å². The third-order valence-electron chi connectivity index (χ3n) is 4.17. The normalized spacial score (nSPS) is 15.4. The molecule has 0 aromatic carbocycles. The Kier molecular flexibility index (Phi) is 8.01. The summed E-state index contributed by atoms with van der Waals surface area (Å²) in [6.07, 6.45) is 2.47. The van der Waals surface area contributed by atoms with Crippen LogP contribution in [0.1, 0.15) is 46.5 Å². The lowest BCUT2D eigenvalue weighted by atomic mass is 9.93. The van der Waals surface area contributed by atoms with E-state index in [1.807, 2.05) is 12.2 Å². The van der Waals surface area contributed by atoms with Gasteiger partial charge >= 0.3 is 18.0 Å².